The van der Waals surface area contributed by atoms with Gasteiger partial charge in [0.05, 0.1) is 13.7 Å². The van der Waals surface area contributed by atoms with E-state index in [2.05, 4.69) is 20.3 Å². The largest absolute Gasteiger partial charge is 0.481 e. The number of nitrogens with zero attached hydrogens (tertiary/aromatic N) is 3. The summed E-state index contributed by atoms with van der Waals surface area (Å²) in [6, 6.07) is 5.61. The summed E-state index contributed by atoms with van der Waals surface area (Å²) in [6.07, 6.45) is 3.37. The Balaban J connectivity index is 2.06. The lowest BCUT2D eigenvalue weighted by molar-refractivity contribution is 0.393. The van der Waals surface area contributed by atoms with Gasteiger partial charge in [0.1, 0.15) is 11.6 Å². The van der Waals surface area contributed by atoms with Gasteiger partial charge in [0.25, 0.3) is 0 Å². The Morgan fingerprint density at radius 2 is 2.17 bits per heavy atom. The molecule has 0 bridgehead atoms. The van der Waals surface area contributed by atoms with Crippen molar-refractivity contribution >= 4 is 5.82 Å². The topological polar surface area (TPSA) is 86.0 Å². The van der Waals surface area contributed by atoms with Gasteiger partial charge >= 0.3 is 0 Å². The van der Waals surface area contributed by atoms with Crippen LogP contribution in [0.3, 0.4) is 0 Å². The summed E-state index contributed by atoms with van der Waals surface area (Å²) in [4.78, 5) is 12.4. The third-order valence-electron chi connectivity index (χ3n) is 2.39. The molecule has 2 heterocycles. The summed E-state index contributed by atoms with van der Waals surface area (Å²) < 4.78 is 5.17. The van der Waals surface area contributed by atoms with Crippen LogP contribution in [-0.4, -0.2) is 22.1 Å². The second-order valence-corrected chi connectivity index (χ2v) is 3.59. The molecule has 0 atom stereocenters. The van der Waals surface area contributed by atoms with E-state index in [0.29, 0.717) is 24.8 Å². The first-order valence-corrected chi connectivity index (χ1v) is 5.57. The smallest absolute Gasteiger partial charge is 0.218 e. The second-order valence-electron chi connectivity index (χ2n) is 3.59. The second kappa shape index (κ2) is 5.92. The molecule has 0 aliphatic rings. The van der Waals surface area contributed by atoms with Gasteiger partial charge in [-0.25, -0.2) is 15.0 Å². The molecule has 0 saturated heterocycles. The van der Waals surface area contributed by atoms with Crippen molar-refractivity contribution in [2.24, 2.45) is 5.73 Å². The highest BCUT2D eigenvalue weighted by molar-refractivity contribution is 5.36. The molecule has 0 saturated carbocycles. The van der Waals surface area contributed by atoms with E-state index >= 15 is 0 Å². The van der Waals surface area contributed by atoms with E-state index in [1.54, 1.807) is 25.6 Å². The highest BCUT2D eigenvalue weighted by Crippen LogP contribution is 2.15. The quantitative estimate of drug-likeness (QED) is 0.815. The maximum Gasteiger partial charge on any atom is 0.218 e. The van der Waals surface area contributed by atoms with Crippen LogP contribution in [0.5, 0.6) is 5.88 Å². The first-order valence-electron chi connectivity index (χ1n) is 5.57. The number of anilines is 1. The van der Waals surface area contributed by atoms with Crippen molar-refractivity contribution in [2.45, 2.75) is 13.1 Å². The minimum atomic E-state index is 0.325. The lowest BCUT2D eigenvalue weighted by Crippen LogP contribution is -2.08. The van der Waals surface area contributed by atoms with Gasteiger partial charge in [-0.2, -0.15) is 0 Å². The molecule has 18 heavy (non-hydrogen) atoms. The fourth-order valence-electron chi connectivity index (χ4n) is 1.52. The molecule has 6 heteroatoms. The van der Waals surface area contributed by atoms with Crippen LogP contribution in [0.15, 0.2) is 30.6 Å². The Hall–Kier alpha value is -2.21. The first-order chi connectivity index (χ1) is 8.83. The van der Waals surface area contributed by atoms with Gasteiger partial charge in [0.15, 0.2) is 0 Å². The molecule has 0 radical (unpaired) electrons. The van der Waals surface area contributed by atoms with Crippen LogP contribution >= 0.6 is 0 Å². The van der Waals surface area contributed by atoms with Gasteiger partial charge in [-0.15, -0.1) is 0 Å². The first kappa shape index (κ1) is 12.3. The molecular formula is C12H15N5O. The van der Waals surface area contributed by atoms with E-state index in [1.807, 2.05) is 12.1 Å². The predicted molar refractivity (Wildman–Crippen MR) is 68.0 cm³/mol. The molecule has 0 aliphatic carbocycles. The van der Waals surface area contributed by atoms with Crippen LogP contribution in [0.25, 0.3) is 0 Å². The molecule has 0 unspecified atom stereocenters. The minimum Gasteiger partial charge on any atom is -0.481 e. The maximum atomic E-state index is 5.49. The fourth-order valence-corrected chi connectivity index (χ4v) is 1.52. The van der Waals surface area contributed by atoms with E-state index < -0.39 is 0 Å². The molecular weight excluding hydrogens is 230 g/mol. The van der Waals surface area contributed by atoms with E-state index in [4.69, 9.17) is 10.5 Å². The SMILES string of the molecule is COc1ncccc1CNc1ccnc(CN)n1. The van der Waals surface area contributed by atoms with Gasteiger partial charge in [-0.3, -0.25) is 0 Å². The molecule has 0 aromatic carbocycles. The van der Waals surface area contributed by atoms with Gasteiger partial charge < -0.3 is 15.8 Å². The van der Waals surface area contributed by atoms with Crippen molar-refractivity contribution in [1.29, 1.82) is 0 Å². The zero-order valence-corrected chi connectivity index (χ0v) is 10.1. The van der Waals surface area contributed by atoms with E-state index in [-0.39, 0.29) is 0 Å². The number of aromatic nitrogens is 3. The molecule has 0 amide bonds. The summed E-state index contributed by atoms with van der Waals surface area (Å²) in [5.74, 6) is 1.95. The lowest BCUT2D eigenvalue weighted by atomic mass is 10.2. The summed E-state index contributed by atoms with van der Waals surface area (Å²) in [7, 11) is 1.60. The molecule has 2 aromatic rings. The highest BCUT2D eigenvalue weighted by atomic mass is 16.5. The van der Waals surface area contributed by atoms with Crippen molar-refractivity contribution in [2.75, 3.05) is 12.4 Å². The summed E-state index contributed by atoms with van der Waals surface area (Å²) in [5.41, 5.74) is 6.45. The number of ether oxygens (including phenoxy) is 1. The van der Waals surface area contributed by atoms with E-state index in [1.165, 1.54) is 0 Å². The van der Waals surface area contributed by atoms with Crippen LogP contribution in [0.1, 0.15) is 11.4 Å². The number of methoxy groups -OCH3 is 1. The zero-order valence-electron chi connectivity index (χ0n) is 10.1. The summed E-state index contributed by atoms with van der Waals surface area (Å²) in [5, 5.41) is 3.18. The molecule has 0 aliphatic heterocycles. The number of rotatable bonds is 5. The number of hydrogen-bond acceptors (Lipinski definition) is 6. The Labute approximate surface area is 105 Å². The van der Waals surface area contributed by atoms with Crippen LogP contribution in [0, 0.1) is 0 Å². The predicted octanol–water partition coefficient (Wildman–Crippen LogP) is 0.951. The standard InChI is InChI=1S/C12H15N5O/c1-18-12-9(3-2-5-15-12)8-16-10-4-6-14-11(7-13)17-10/h2-6H,7-8,13H2,1H3,(H,14,16,17). The van der Waals surface area contributed by atoms with E-state index in [0.717, 1.165) is 11.4 Å². The zero-order chi connectivity index (χ0) is 12.8. The van der Waals surface area contributed by atoms with Crippen LogP contribution in [0.4, 0.5) is 5.82 Å². The molecule has 0 fully saturated rings. The van der Waals surface area contributed by atoms with Crippen LogP contribution < -0.4 is 15.8 Å². The molecule has 3 N–H and O–H groups in total. The van der Waals surface area contributed by atoms with Crippen molar-refractivity contribution < 1.29 is 4.74 Å². The third kappa shape index (κ3) is 2.92. The lowest BCUT2D eigenvalue weighted by Gasteiger charge is -2.09. The van der Waals surface area contributed by atoms with Crippen molar-refractivity contribution in [3.05, 3.63) is 42.0 Å². The van der Waals surface area contributed by atoms with Crippen molar-refractivity contribution in [3.8, 4) is 5.88 Å². The molecule has 6 nitrogen and oxygen atoms in total. The van der Waals surface area contributed by atoms with Crippen LogP contribution in [-0.2, 0) is 13.1 Å². The van der Waals surface area contributed by atoms with Crippen LogP contribution in [0.2, 0.25) is 0 Å². The Bertz CT molecular complexity index is 517. The van der Waals surface area contributed by atoms with Gasteiger partial charge in [0, 0.05) is 24.5 Å². The van der Waals surface area contributed by atoms with Crippen molar-refractivity contribution in [3.63, 3.8) is 0 Å². The molecule has 94 valence electrons. The van der Waals surface area contributed by atoms with Gasteiger partial charge in [-0.05, 0) is 12.1 Å². The van der Waals surface area contributed by atoms with Gasteiger partial charge in [-0.1, -0.05) is 6.07 Å². The number of nitrogens with two attached hydrogens (primary N) is 1. The summed E-state index contributed by atoms with van der Waals surface area (Å²) >= 11 is 0. The molecule has 2 aromatic heterocycles. The van der Waals surface area contributed by atoms with E-state index in [9.17, 15) is 0 Å². The summed E-state index contributed by atoms with van der Waals surface area (Å²) in [6.45, 7) is 0.907. The van der Waals surface area contributed by atoms with Gasteiger partial charge in [0.2, 0.25) is 5.88 Å². The average Bonchev–Trinajstić information content (AvgIpc) is 2.45. The Morgan fingerprint density at radius 3 is 2.94 bits per heavy atom. The molecule has 2 rings (SSSR count). The van der Waals surface area contributed by atoms with Crippen molar-refractivity contribution in [1.82, 2.24) is 15.0 Å². The average molecular weight is 245 g/mol. The normalized spacial score (nSPS) is 10.1. The Morgan fingerprint density at radius 1 is 1.28 bits per heavy atom. The monoisotopic (exact) mass is 245 g/mol. The highest BCUT2D eigenvalue weighted by Gasteiger charge is 2.03. The number of nitrogens with one attached hydrogen (secondary N) is 1. The Kier molecular flexibility index (Phi) is 4.03. The maximum absolute atomic E-state index is 5.49. The number of hydrogen-bond donors (Lipinski definition) is 2. The minimum absolute atomic E-state index is 0.325. The molecule has 0 spiro atoms. The fraction of sp³-hybridized carbons (Fsp3) is 0.250. The number of pyridine rings is 1. The third-order valence-corrected chi connectivity index (χ3v) is 2.39.